The van der Waals surface area contributed by atoms with E-state index in [1.54, 1.807) is 10.9 Å². The molecule has 4 nitrogen and oxygen atoms in total. The summed E-state index contributed by atoms with van der Waals surface area (Å²) in [5.41, 5.74) is 2.25. The SMILES string of the molecule is Cn1cnc(-c2cc[nH]c2)c1C#N. The van der Waals surface area contributed by atoms with Crippen molar-refractivity contribution in [2.24, 2.45) is 7.05 Å². The quantitative estimate of drug-likeness (QED) is 0.704. The molecule has 0 aliphatic heterocycles. The van der Waals surface area contributed by atoms with E-state index in [4.69, 9.17) is 5.26 Å². The van der Waals surface area contributed by atoms with E-state index in [1.807, 2.05) is 25.5 Å². The Morgan fingerprint density at radius 1 is 1.62 bits per heavy atom. The average molecular weight is 172 g/mol. The topological polar surface area (TPSA) is 57.4 Å². The fourth-order valence-corrected chi connectivity index (χ4v) is 1.24. The molecule has 0 unspecified atom stereocenters. The van der Waals surface area contributed by atoms with Crippen LogP contribution in [0.2, 0.25) is 0 Å². The van der Waals surface area contributed by atoms with Gasteiger partial charge in [-0.2, -0.15) is 5.26 Å². The lowest BCUT2D eigenvalue weighted by Gasteiger charge is -1.93. The molecule has 2 rings (SSSR count). The van der Waals surface area contributed by atoms with Gasteiger partial charge in [0.05, 0.1) is 6.33 Å². The summed E-state index contributed by atoms with van der Waals surface area (Å²) in [5, 5.41) is 8.87. The van der Waals surface area contributed by atoms with Crippen molar-refractivity contribution in [3.05, 3.63) is 30.5 Å². The molecule has 0 aromatic carbocycles. The van der Waals surface area contributed by atoms with Crippen LogP contribution >= 0.6 is 0 Å². The molecule has 0 fully saturated rings. The van der Waals surface area contributed by atoms with Crippen LogP contribution in [0.15, 0.2) is 24.8 Å². The maximum atomic E-state index is 8.87. The smallest absolute Gasteiger partial charge is 0.147 e. The van der Waals surface area contributed by atoms with E-state index >= 15 is 0 Å². The second kappa shape index (κ2) is 2.79. The first-order valence-corrected chi connectivity index (χ1v) is 3.87. The number of aromatic nitrogens is 3. The molecule has 0 saturated carbocycles. The third kappa shape index (κ3) is 1.11. The van der Waals surface area contributed by atoms with Crippen molar-refractivity contribution in [2.75, 3.05) is 0 Å². The molecule has 4 heteroatoms. The van der Waals surface area contributed by atoms with E-state index in [2.05, 4.69) is 16.0 Å². The number of hydrogen-bond donors (Lipinski definition) is 1. The van der Waals surface area contributed by atoms with E-state index in [1.165, 1.54) is 0 Å². The lowest BCUT2D eigenvalue weighted by atomic mass is 10.2. The summed E-state index contributed by atoms with van der Waals surface area (Å²) in [4.78, 5) is 7.08. The lowest BCUT2D eigenvalue weighted by molar-refractivity contribution is 0.897. The summed E-state index contributed by atoms with van der Waals surface area (Å²) in [6, 6.07) is 4.01. The van der Waals surface area contributed by atoms with Crippen molar-refractivity contribution in [3.63, 3.8) is 0 Å². The molecule has 0 aliphatic rings. The molecule has 0 atom stereocenters. The Morgan fingerprint density at radius 2 is 2.46 bits per heavy atom. The van der Waals surface area contributed by atoms with Crippen LogP contribution in [0.4, 0.5) is 0 Å². The first-order chi connectivity index (χ1) is 6.33. The summed E-state index contributed by atoms with van der Waals surface area (Å²) in [5.74, 6) is 0. The van der Waals surface area contributed by atoms with Crippen molar-refractivity contribution in [1.29, 1.82) is 5.26 Å². The first-order valence-electron chi connectivity index (χ1n) is 3.87. The van der Waals surface area contributed by atoms with Gasteiger partial charge in [-0.15, -0.1) is 0 Å². The number of nitrogens with one attached hydrogen (secondary N) is 1. The number of nitrogens with zero attached hydrogens (tertiary/aromatic N) is 3. The zero-order valence-electron chi connectivity index (χ0n) is 7.15. The maximum Gasteiger partial charge on any atom is 0.147 e. The summed E-state index contributed by atoms with van der Waals surface area (Å²) < 4.78 is 1.71. The highest BCUT2D eigenvalue weighted by atomic mass is 15.0. The van der Waals surface area contributed by atoms with Gasteiger partial charge in [0.25, 0.3) is 0 Å². The molecule has 2 aromatic rings. The monoisotopic (exact) mass is 172 g/mol. The van der Waals surface area contributed by atoms with Gasteiger partial charge in [-0.25, -0.2) is 4.98 Å². The van der Waals surface area contributed by atoms with Crippen LogP contribution in [0.5, 0.6) is 0 Å². The van der Waals surface area contributed by atoms with Crippen molar-refractivity contribution < 1.29 is 0 Å². The predicted molar refractivity (Wildman–Crippen MR) is 47.7 cm³/mol. The highest BCUT2D eigenvalue weighted by Crippen LogP contribution is 2.19. The van der Waals surface area contributed by atoms with Gasteiger partial charge in [0.2, 0.25) is 0 Å². The lowest BCUT2D eigenvalue weighted by Crippen LogP contribution is -1.89. The zero-order valence-corrected chi connectivity index (χ0v) is 7.15. The molecular formula is C9H8N4. The van der Waals surface area contributed by atoms with Gasteiger partial charge in [-0.05, 0) is 6.07 Å². The van der Waals surface area contributed by atoms with E-state index in [-0.39, 0.29) is 0 Å². The van der Waals surface area contributed by atoms with Crippen LogP contribution in [0.3, 0.4) is 0 Å². The Morgan fingerprint density at radius 3 is 3.08 bits per heavy atom. The van der Waals surface area contributed by atoms with E-state index in [0.717, 1.165) is 11.3 Å². The van der Waals surface area contributed by atoms with Gasteiger partial charge in [-0.3, -0.25) is 0 Å². The standard InChI is InChI=1S/C9H8N4/c1-13-6-12-9(8(13)4-10)7-2-3-11-5-7/h2-3,5-6,11H,1H3. The molecule has 0 spiro atoms. The molecule has 0 amide bonds. The predicted octanol–water partition coefficient (Wildman–Crippen LogP) is 1.29. The van der Waals surface area contributed by atoms with Gasteiger partial charge in [-0.1, -0.05) is 0 Å². The average Bonchev–Trinajstić information content (AvgIpc) is 2.71. The van der Waals surface area contributed by atoms with E-state index in [0.29, 0.717) is 5.69 Å². The summed E-state index contributed by atoms with van der Waals surface area (Å²) >= 11 is 0. The Labute approximate surface area is 75.5 Å². The molecule has 0 radical (unpaired) electrons. The van der Waals surface area contributed by atoms with Crippen LogP contribution in [-0.2, 0) is 7.05 Å². The normalized spacial score (nSPS) is 9.85. The molecule has 0 saturated heterocycles. The van der Waals surface area contributed by atoms with E-state index in [9.17, 15) is 0 Å². The maximum absolute atomic E-state index is 8.87. The summed E-state index contributed by atoms with van der Waals surface area (Å²) in [6.45, 7) is 0. The third-order valence-electron chi connectivity index (χ3n) is 1.91. The number of aromatic amines is 1. The molecule has 2 aromatic heterocycles. The van der Waals surface area contributed by atoms with Crippen molar-refractivity contribution in [2.45, 2.75) is 0 Å². The molecule has 64 valence electrons. The summed E-state index contributed by atoms with van der Waals surface area (Å²) in [6.07, 6.45) is 5.27. The van der Waals surface area contributed by atoms with Crippen molar-refractivity contribution in [1.82, 2.24) is 14.5 Å². The van der Waals surface area contributed by atoms with Crippen LogP contribution in [0, 0.1) is 11.3 Å². The van der Waals surface area contributed by atoms with Gasteiger partial charge in [0.1, 0.15) is 17.5 Å². The minimum atomic E-state index is 0.583. The van der Waals surface area contributed by atoms with Gasteiger partial charge in [0.15, 0.2) is 0 Å². The highest BCUT2D eigenvalue weighted by molar-refractivity contribution is 5.64. The van der Waals surface area contributed by atoms with Crippen LogP contribution in [0.1, 0.15) is 5.69 Å². The second-order valence-corrected chi connectivity index (χ2v) is 2.76. The van der Waals surface area contributed by atoms with Gasteiger partial charge < -0.3 is 9.55 Å². The van der Waals surface area contributed by atoms with Crippen molar-refractivity contribution in [3.8, 4) is 17.3 Å². The number of hydrogen-bond acceptors (Lipinski definition) is 2. The Hall–Kier alpha value is -2.02. The Kier molecular flexibility index (Phi) is 1.64. The van der Waals surface area contributed by atoms with Crippen LogP contribution < -0.4 is 0 Å². The molecule has 13 heavy (non-hydrogen) atoms. The molecule has 2 heterocycles. The highest BCUT2D eigenvalue weighted by Gasteiger charge is 2.09. The second-order valence-electron chi connectivity index (χ2n) is 2.76. The third-order valence-corrected chi connectivity index (χ3v) is 1.91. The number of aryl methyl sites for hydroxylation is 1. The fourth-order valence-electron chi connectivity index (χ4n) is 1.24. The Bertz CT molecular complexity index is 444. The fraction of sp³-hybridized carbons (Fsp3) is 0.111. The van der Waals surface area contributed by atoms with Crippen LogP contribution in [-0.4, -0.2) is 14.5 Å². The molecule has 0 aliphatic carbocycles. The largest absolute Gasteiger partial charge is 0.367 e. The first kappa shape index (κ1) is 7.62. The van der Waals surface area contributed by atoms with Gasteiger partial charge in [0, 0.05) is 25.0 Å². The number of imidazole rings is 1. The molecular weight excluding hydrogens is 164 g/mol. The van der Waals surface area contributed by atoms with Crippen molar-refractivity contribution >= 4 is 0 Å². The number of nitriles is 1. The minimum Gasteiger partial charge on any atom is -0.367 e. The zero-order chi connectivity index (χ0) is 9.26. The summed E-state index contributed by atoms with van der Waals surface area (Å²) in [7, 11) is 1.81. The number of rotatable bonds is 1. The van der Waals surface area contributed by atoms with Gasteiger partial charge >= 0.3 is 0 Å². The van der Waals surface area contributed by atoms with Crippen LogP contribution in [0.25, 0.3) is 11.3 Å². The molecule has 0 bridgehead atoms. The minimum absolute atomic E-state index is 0.583. The van der Waals surface area contributed by atoms with E-state index < -0.39 is 0 Å². The Balaban J connectivity index is 2.60. The molecule has 1 N–H and O–H groups in total. The number of H-pyrrole nitrogens is 1.